The van der Waals surface area contributed by atoms with Gasteiger partial charge in [0.25, 0.3) is 0 Å². The Morgan fingerprint density at radius 2 is 1.87 bits per heavy atom. The average molecular weight is 340 g/mol. The maximum atomic E-state index is 13.2. The maximum Gasteiger partial charge on any atom is 0.306 e. The van der Waals surface area contributed by atoms with E-state index in [1.807, 2.05) is 0 Å². The van der Waals surface area contributed by atoms with Gasteiger partial charge in [0.1, 0.15) is 18.1 Å². The van der Waals surface area contributed by atoms with Gasteiger partial charge in [-0.1, -0.05) is 18.2 Å². The average Bonchev–Trinajstić information content (AvgIpc) is 2.49. The molecule has 7 nitrogen and oxygen atoms in total. The largest absolute Gasteiger partial charge is 0.492 e. The third kappa shape index (κ3) is 4.92. The predicted octanol–water partition coefficient (Wildman–Crippen LogP) is 2.55. The van der Waals surface area contributed by atoms with Crippen LogP contribution in [0.25, 0.3) is 0 Å². The van der Waals surface area contributed by atoms with Crippen molar-refractivity contribution in [2.75, 3.05) is 17.1 Å². The molecule has 0 amide bonds. The highest BCUT2D eigenvalue weighted by Gasteiger charge is 2.17. The number of anilines is 1. The van der Waals surface area contributed by atoms with Crippen LogP contribution >= 0.6 is 0 Å². The fourth-order valence-electron chi connectivity index (χ4n) is 1.73. The Balaban J connectivity index is 1.98. The topological polar surface area (TPSA) is 98.5 Å². The molecule has 9 heteroatoms. The van der Waals surface area contributed by atoms with E-state index in [1.165, 1.54) is 0 Å². The Labute approximate surface area is 131 Å². The van der Waals surface area contributed by atoms with Gasteiger partial charge in [-0.05, 0) is 24.3 Å². The Morgan fingerprint density at radius 1 is 1.17 bits per heavy atom. The van der Waals surface area contributed by atoms with Gasteiger partial charge in [-0.25, -0.2) is 8.42 Å². The van der Waals surface area contributed by atoms with E-state index in [0.717, 1.165) is 18.2 Å². The van der Waals surface area contributed by atoms with E-state index >= 15 is 0 Å². The summed E-state index contributed by atoms with van der Waals surface area (Å²) in [6.45, 7) is -0.0946. The predicted molar refractivity (Wildman–Crippen MR) is 82.4 cm³/mol. The van der Waals surface area contributed by atoms with Gasteiger partial charge in [0.05, 0.1) is 10.6 Å². The number of para-hydroxylation sites is 1. The molecule has 0 aromatic heterocycles. The third-order valence-electron chi connectivity index (χ3n) is 2.78. The number of benzene rings is 2. The fourth-order valence-corrected chi connectivity index (χ4v) is 2.62. The van der Waals surface area contributed by atoms with Crippen LogP contribution in [0, 0.1) is 15.9 Å². The highest BCUT2D eigenvalue weighted by Crippen LogP contribution is 2.22. The zero-order valence-corrected chi connectivity index (χ0v) is 12.6. The quantitative estimate of drug-likeness (QED) is 0.617. The summed E-state index contributed by atoms with van der Waals surface area (Å²) in [6.07, 6.45) is 0. The Bertz CT molecular complexity index is 796. The first-order valence-electron chi connectivity index (χ1n) is 6.50. The van der Waals surface area contributed by atoms with Crippen LogP contribution in [0.5, 0.6) is 5.75 Å². The molecule has 0 radical (unpaired) electrons. The zero-order chi connectivity index (χ0) is 16.9. The van der Waals surface area contributed by atoms with Gasteiger partial charge in [0, 0.05) is 6.07 Å². The van der Waals surface area contributed by atoms with Gasteiger partial charge in [-0.2, -0.15) is 4.39 Å². The second-order valence-corrected chi connectivity index (χ2v) is 6.35. The fraction of sp³-hybridized carbons (Fsp3) is 0.143. The minimum Gasteiger partial charge on any atom is -0.492 e. The molecule has 0 aliphatic carbocycles. The number of nitro benzene ring substituents is 1. The van der Waals surface area contributed by atoms with Crippen molar-refractivity contribution >= 4 is 21.4 Å². The van der Waals surface area contributed by atoms with E-state index in [1.54, 1.807) is 30.3 Å². The molecule has 122 valence electrons. The van der Waals surface area contributed by atoms with Gasteiger partial charge in [-0.3, -0.25) is 14.8 Å². The molecule has 23 heavy (non-hydrogen) atoms. The van der Waals surface area contributed by atoms with Crippen LogP contribution in [-0.2, 0) is 10.0 Å². The van der Waals surface area contributed by atoms with E-state index in [9.17, 15) is 22.9 Å². The van der Waals surface area contributed by atoms with Gasteiger partial charge in [0.15, 0.2) is 0 Å². The van der Waals surface area contributed by atoms with E-state index < -0.39 is 26.5 Å². The smallest absolute Gasteiger partial charge is 0.306 e. The number of nitrogens with one attached hydrogen (secondary N) is 1. The van der Waals surface area contributed by atoms with Crippen LogP contribution in [0.15, 0.2) is 48.5 Å². The summed E-state index contributed by atoms with van der Waals surface area (Å²) < 4.78 is 44.4. The number of sulfonamides is 1. The molecule has 0 spiro atoms. The summed E-state index contributed by atoms with van der Waals surface area (Å²) in [6, 6.07) is 11.4. The van der Waals surface area contributed by atoms with E-state index in [2.05, 4.69) is 4.72 Å². The molecule has 2 aromatic rings. The minimum absolute atomic E-state index is 0.0854. The molecular weight excluding hydrogens is 327 g/mol. The number of hydrogen-bond donors (Lipinski definition) is 1. The van der Waals surface area contributed by atoms with Gasteiger partial charge >= 0.3 is 5.69 Å². The lowest BCUT2D eigenvalue weighted by molar-refractivity contribution is -0.387. The summed E-state index contributed by atoms with van der Waals surface area (Å²) >= 11 is 0. The number of nitro groups is 1. The van der Waals surface area contributed by atoms with Crippen LogP contribution in [0.3, 0.4) is 0 Å². The molecule has 0 saturated heterocycles. The minimum atomic E-state index is -3.78. The van der Waals surface area contributed by atoms with Crippen LogP contribution in [0.2, 0.25) is 0 Å². The monoisotopic (exact) mass is 340 g/mol. The zero-order valence-electron chi connectivity index (χ0n) is 11.8. The van der Waals surface area contributed by atoms with E-state index in [0.29, 0.717) is 5.75 Å². The van der Waals surface area contributed by atoms with Crippen LogP contribution < -0.4 is 9.46 Å². The SMILES string of the molecule is O=[N+]([O-])c1cc(NS(=O)(=O)CCOc2ccccc2)ccc1F. The van der Waals surface area contributed by atoms with Crippen LogP contribution in [-0.4, -0.2) is 25.7 Å². The number of nitrogens with zero attached hydrogens (tertiary/aromatic N) is 1. The van der Waals surface area contributed by atoms with E-state index in [-0.39, 0.29) is 18.0 Å². The maximum absolute atomic E-state index is 13.2. The number of hydrogen-bond acceptors (Lipinski definition) is 5. The van der Waals surface area contributed by atoms with Gasteiger partial charge in [0.2, 0.25) is 15.8 Å². The molecule has 0 aliphatic rings. The number of halogens is 1. The number of ether oxygens (including phenoxy) is 1. The number of rotatable bonds is 7. The molecule has 0 atom stereocenters. The molecule has 0 aliphatic heterocycles. The molecule has 0 fully saturated rings. The van der Waals surface area contributed by atoms with Crippen molar-refractivity contribution in [3.05, 3.63) is 64.5 Å². The lowest BCUT2D eigenvalue weighted by Gasteiger charge is -2.09. The first-order chi connectivity index (χ1) is 10.9. The van der Waals surface area contributed by atoms with Gasteiger partial charge < -0.3 is 4.74 Å². The normalized spacial score (nSPS) is 11.0. The first-order valence-corrected chi connectivity index (χ1v) is 8.15. The molecule has 2 rings (SSSR count). The Kier molecular flexibility index (Phi) is 5.12. The third-order valence-corrected chi connectivity index (χ3v) is 4.03. The summed E-state index contributed by atoms with van der Waals surface area (Å²) in [5.41, 5.74) is -0.886. The van der Waals surface area contributed by atoms with Crippen molar-refractivity contribution in [3.8, 4) is 5.75 Å². The van der Waals surface area contributed by atoms with Crippen molar-refractivity contribution in [2.45, 2.75) is 0 Å². The molecule has 0 bridgehead atoms. The highest BCUT2D eigenvalue weighted by molar-refractivity contribution is 7.92. The van der Waals surface area contributed by atoms with Crippen molar-refractivity contribution < 1.29 is 22.5 Å². The van der Waals surface area contributed by atoms with Crippen LogP contribution in [0.1, 0.15) is 0 Å². The summed E-state index contributed by atoms with van der Waals surface area (Å²) in [4.78, 5) is 9.71. The lowest BCUT2D eigenvalue weighted by Crippen LogP contribution is -2.21. The summed E-state index contributed by atoms with van der Waals surface area (Å²) in [5.74, 6) is -0.863. The lowest BCUT2D eigenvalue weighted by atomic mass is 10.3. The second-order valence-electron chi connectivity index (χ2n) is 4.51. The standard InChI is InChI=1S/C14H13FN2O5S/c15-13-7-6-11(10-14(13)17(18)19)16-23(20,21)9-8-22-12-4-2-1-3-5-12/h1-7,10,16H,8-9H2. The molecule has 0 heterocycles. The molecule has 0 unspecified atom stereocenters. The van der Waals surface area contributed by atoms with Crippen molar-refractivity contribution in [2.24, 2.45) is 0 Å². The Hall–Kier alpha value is -2.68. The first kappa shape index (κ1) is 16.7. The molecular formula is C14H13FN2O5S. The van der Waals surface area contributed by atoms with Gasteiger partial charge in [-0.15, -0.1) is 0 Å². The van der Waals surface area contributed by atoms with E-state index in [4.69, 9.17) is 4.74 Å². The molecule has 2 aromatic carbocycles. The van der Waals surface area contributed by atoms with Crippen molar-refractivity contribution in [1.82, 2.24) is 0 Å². The van der Waals surface area contributed by atoms with Crippen molar-refractivity contribution in [1.29, 1.82) is 0 Å². The molecule has 0 saturated carbocycles. The van der Waals surface area contributed by atoms with Crippen LogP contribution in [0.4, 0.5) is 15.8 Å². The summed E-state index contributed by atoms with van der Waals surface area (Å²) in [5, 5.41) is 10.6. The highest BCUT2D eigenvalue weighted by atomic mass is 32.2. The second kappa shape index (κ2) is 7.05. The summed E-state index contributed by atoms with van der Waals surface area (Å²) in [7, 11) is -3.78. The Morgan fingerprint density at radius 3 is 2.52 bits per heavy atom. The molecule has 1 N–H and O–H groups in total. The van der Waals surface area contributed by atoms with Crippen molar-refractivity contribution in [3.63, 3.8) is 0 Å².